The molecule has 0 heterocycles. The molecular weight excluding hydrogens is 213 g/mol. The zero-order valence-corrected chi connectivity index (χ0v) is 10.0. The van der Waals surface area contributed by atoms with Crippen LogP contribution >= 0.6 is 0 Å². The fourth-order valence-electron chi connectivity index (χ4n) is 0.204. The molecule has 0 aliphatic heterocycles. The van der Waals surface area contributed by atoms with Crippen LogP contribution in [0.2, 0.25) is 0 Å². The van der Waals surface area contributed by atoms with E-state index >= 15 is 0 Å². The van der Waals surface area contributed by atoms with Gasteiger partial charge in [-0.15, -0.1) is 0 Å². The summed E-state index contributed by atoms with van der Waals surface area (Å²) in [5.74, 6) is -2.19. The molecule has 12 heavy (non-hydrogen) atoms. The zero-order chi connectivity index (χ0) is 9.28. The number of carbonyl (C=O) groups excluding carboxylic acids is 2. The molecule has 0 aromatic rings. The van der Waals surface area contributed by atoms with Crippen LogP contribution in [0.5, 0.6) is 0 Å². The van der Waals surface area contributed by atoms with Gasteiger partial charge in [-0.3, -0.25) is 0 Å². The van der Waals surface area contributed by atoms with Crippen LogP contribution in [0.1, 0.15) is 19.8 Å². The minimum absolute atomic E-state index is 0. The summed E-state index contributed by atoms with van der Waals surface area (Å²) in [6.45, 7) is 4.70. The quantitative estimate of drug-likeness (QED) is 0.429. The van der Waals surface area contributed by atoms with E-state index in [1.54, 1.807) is 6.92 Å². The van der Waals surface area contributed by atoms with Gasteiger partial charge in [-0.05, 0) is 12.5 Å². The average Bonchev–Trinajstić information content (AvgIpc) is 1.89. The van der Waals surface area contributed by atoms with Crippen LogP contribution in [0.3, 0.4) is 0 Å². The van der Waals surface area contributed by atoms with E-state index in [1.807, 2.05) is 0 Å². The molecule has 0 aromatic heterocycles. The van der Waals surface area contributed by atoms with Crippen molar-refractivity contribution in [3.05, 3.63) is 12.7 Å². The Bertz CT molecular complexity index is 144. The van der Waals surface area contributed by atoms with Crippen molar-refractivity contribution in [3.8, 4) is 0 Å². The molecule has 0 bridgehead atoms. The number of rotatable bonds is 3. The van der Waals surface area contributed by atoms with Crippen LogP contribution in [0, 0.1) is 0 Å². The summed E-state index contributed by atoms with van der Waals surface area (Å²) < 4.78 is 0. The maximum atomic E-state index is 9.49. The second-order valence-corrected chi connectivity index (χ2v) is 1.65. The third kappa shape index (κ3) is 34.6. The van der Waals surface area contributed by atoms with E-state index < -0.39 is 11.9 Å². The van der Waals surface area contributed by atoms with Gasteiger partial charge in [0.25, 0.3) is 0 Å². The van der Waals surface area contributed by atoms with Crippen LogP contribution in [0.25, 0.3) is 0 Å². The molecule has 0 unspecified atom stereocenters. The van der Waals surface area contributed by atoms with E-state index in [4.69, 9.17) is 9.90 Å². The van der Waals surface area contributed by atoms with Crippen molar-refractivity contribution < 1.29 is 39.3 Å². The summed E-state index contributed by atoms with van der Waals surface area (Å²) in [7, 11) is 0. The molecule has 0 aliphatic rings. The van der Waals surface area contributed by atoms with E-state index in [0.29, 0.717) is 6.42 Å². The van der Waals surface area contributed by atoms with Crippen molar-refractivity contribution in [2.45, 2.75) is 19.8 Å². The predicted octanol–water partition coefficient (Wildman–Crippen LogP) is -1.54. The first-order chi connectivity index (χ1) is 5.04. The maximum absolute atomic E-state index is 9.49. The second kappa shape index (κ2) is 12.9. The number of carboxylic acid groups (broad SMARTS) is 2. The van der Waals surface area contributed by atoms with Crippen molar-refractivity contribution in [2.24, 2.45) is 0 Å². The molecule has 5 heteroatoms. The van der Waals surface area contributed by atoms with Gasteiger partial charge in [0.1, 0.15) is 0 Å². The first kappa shape index (κ1) is 17.4. The molecule has 0 saturated heterocycles. The molecule has 0 spiro atoms. The van der Waals surface area contributed by atoms with Gasteiger partial charge in [0, 0.05) is 5.97 Å². The summed E-state index contributed by atoms with van der Waals surface area (Å²) >= 11 is 0. The van der Waals surface area contributed by atoms with Crippen molar-refractivity contribution in [1.82, 2.24) is 0 Å². The van der Waals surface area contributed by atoms with Gasteiger partial charge >= 0.3 is 19.5 Å². The molecule has 0 fully saturated rings. The van der Waals surface area contributed by atoms with Gasteiger partial charge < -0.3 is 19.8 Å². The van der Waals surface area contributed by atoms with Crippen molar-refractivity contribution in [2.75, 3.05) is 0 Å². The van der Waals surface area contributed by atoms with Gasteiger partial charge in [-0.2, -0.15) is 0 Å². The average molecular weight is 224 g/mol. The summed E-state index contributed by atoms with van der Waals surface area (Å²) in [6.07, 6.45) is 1.57. The molecule has 0 radical (unpaired) electrons. The smallest absolute Gasteiger partial charge is 0.550 e. The second-order valence-electron chi connectivity index (χ2n) is 1.65. The van der Waals surface area contributed by atoms with Gasteiger partial charge in [0.15, 0.2) is 0 Å². The number of carboxylic acids is 2. The minimum atomic E-state index is -1.23. The largest absolute Gasteiger partial charge is 2.00 e. The van der Waals surface area contributed by atoms with Crippen molar-refractivity contribution in [1.29, 1.82) is 0 Å². The Morgan fingerprint density at radius 3 is 1.75 bits per heavy atom. The zero-order valence-electron chi connectivity index (χ0n) is 7.04. The van der Waals surface area contributed by atoms with Gasteiger partial charge in [0.2, 0.25) is 0 Å². The molecule has 64 valence electrons. The van der Waals surface area contributed by atoms with Crippen molar-refractivity contribution in [3.63, 3.8) is 0 Å². The normalized spacial score (nSPS) is 6.75. The third-order valence-electron chi connectivity index (χ3n) is 0.621. The molecule has 0 N–H and O–H groups in total. The fraction of sp³-hybridized carbons (Fsp3) is 0.429. The van der Waals surface area contributed by atoms with Gasteiger partial charge in [0.05, 0.1) is 5.97 Å². The number of carbonyl (C=O) groups is 2. The third-order valence-corrected chi connectivity index (χ3v) is 0.621. The van der Waals surface area contributed by atoms with Gasteiger partial charge in [-0.25, -0.2) is 0 Å². The van der Waals surface area contributed by atoms with E-state index in [1.165, 1.54) is 0 Å². The number of hydrogen-bond donors (Lipinski definition) is 0. The molecule has 0 amide bonds. The molecule has 0 rings (SSSR count). The van der Waals surface area contributed by atoms with E-state index in [0.717, 1.165) is 6.08 Å². The van der Waals surface area contributed by atoms with Crippen LogP contribution in [-0.4, -0.2) is 11.9 Å². The summed E-state index contributed by atoms with van der Waals surface area (Å²) in [5, 5.41) is 18.6. The van der Waals surface area contributed by atoms with Gasteiger partial charge in [-0.1, -0.05) is 19.9 Å². The summed E-state index contributed by atoms with van der Waals surface area (Å²) in [5.41, 5.74) is 0. The Hall–Kier alpha value is -0.697. The number of hydrogen-bond acceptors (Lipinski definition) is 4. The summed E-state index contributed by atoms with van der Waals surface area (Å²) in [4.78, 5) is 18.6. The molecule has 0 aromatic carbocycles. The molecule has 0 aliphatic carbocycles. The maximum Gasteiger partial charge on any atom is 2.00 e. The molecule has 0 atom stereocenters. The Balaban J connectivity index is -0.000000126. The van der Waals surface area contributed by atoms with Crippen LogP contribution in [0.15, 0.2) is 12.7 Å². The van der Waals surface area contributed by atoms with Crippen LogP contribution < -0.4 is 10.2 Å². The monoisotopic (exact) mass is 222 g/mol. The topological polar surface area (TPSA) is 80.3 Å². The van der Waals surface area contributed by atoms with E-state index in [9.17, 15) is 9.90 Å². The standard InChI is InChI=1S/C4H8O2.C3H4O2.Zn/c1-2-3-4(5)6;1-2-3(4)5;/h2-3H2,1H3,(H,5,6);2H,1H2,(H,4,5);/q;;+2/p-2. The number of aliphatic carboxylic acids is 2. The molecule has 0 saturated carbocycles. The van der Waals surface area contributed by atoms with Crippen LogP contribution in [0.4, 0.5) is 0 Å². The molecule has 4 nitrogen and oxygen atoms in total. The van der Waals surface area contributed by atoms with Crippen molar-refractivity contribution >= 4 is 11.9 Å². The first-order valence-electron chi connectivity index (χ1n) is 3.07. The fourth-order valence-corrected chi connectivity index (χ4v) is 0.204. The Morgan fingerprint density at radius 2 is 1.75 bits per heavy atom. The Labute approximate surface area is 84.0 Å². The SMILES string of the molecule is C=CC(=O)[O-].CCCC(=O)[O-].[Zn+2]. The predicted molar refractivity (Wildman–Crippen MR) is 35.1 cm³/mol. The van der Waals surface area contributed by atoms with E-state index in [2.05, 4.69) is 6.58 Å². The van der Waals surface area contributed by atoms with E-state index in [-0.39, 0.29) is 25.9 Å². The minimum Gasteiger partial charge on any atom is -0.550 e. The molecular formula is C7H10O4Zn. The summed E-state index contributed by atoms with van der Waals surface area (Å²) in [6, 6.07) is 0. The Kier molecular flexibility index (Phi) is 18.8. The van der Waals surface area contributed by atoms with Crippen LogP contribution in [-0.2, 0) is 29.1 Å². The Morgan fingerprint density at radius 1 is 1.42 bits per heavy atom. The first-order valence-corrected chi connectivity index (χ1v) is 3.07.